The fourth-order valence-electron chi connectivity index (χ4n) is 0.278. The predicted octanol–water partition coefficient (Wildman–Crippen LogP) is 0.938. The quantitative estimate of drug-likeness (QED) is 0.395. The van der Waals surface area contributed by atoms with Crippen LogP contribution in [0.3, 0.4) is 0 Å². The van der Waals surface area contributed by atoms with E-state index >= 15 is 0 Å². The molecule has 0 atom stereocenters. The fourth-order valence-corrected chi connectivity index (χ4v) is 0.486. The van der Waals surface area contributed by atoms with Gasteiger partial charge in [0.15, 0.2) is 0 Å². The Bertz CT molecular complexity index is 262. The largest absolute Gasteiger partial charge is 0.477 e. The first-order valence-electron chi connectivity index (χ1n) is 2.77. The molecule has 4 nitrogen and oxygen atoms in total. The molecule has 0 unspecified atom stereocenters. The van der Waals surface area contributed by atoms with E-state index in [0.717, 1.165) is 0 Å². The van der Waals surface area contributed by atoms with Gasteiger partial charge >= 0.3 is 10.1 Å². The Morgan fingerprint density at radius 3 is 2.27 bits per heavy atom. The number of ether oxygens (including phenoxy) is 1. The van der Waals surface area contributed by atoms with E-state index < -0.39 is 15.2 Å². The Hall–Kier alpha value is -0.810. The van der Waals surface area contributed by atoms with E-state index in [1.54, 1.807) is 6.92 Å². The topological polar surface area (TPSA) is 63.6 Å². The Morgan fingerprint density at radius 1 is 1.55 bits per heavy atom. The molecule has 11 heavy (non-hydrogen) atoms. The molecule has 64 valence electrons. The van der Waals surface area contributed by atoms with Gasteiger partial charge in [-0.2, -0.15) is 8.42 Å². The van der Waals surface area contributed by atoms with Gasteiger partial charge < -0.3 is 4.74 Å². The van der Waals surface area contributed by atoms with Gasteiger partial charge in [-0.15, -0.1) is 0 Å². The molecule has 0 saturated carbocycles. The zero-order valence-electron chi connectivity index (χ0n) is 6.20. The van der Waals surface area contributed by atoms with Crippen LogP contribution in [0.25, 0.3) is 0 Å². The number of hydrogen-bond acceptors (Lipinski definition) is 3. The van der Waals surface area contributed by atoms with E-state index in [2.05, 4.69) is 17.9 Å². The van der Waals surface area contributed by atoms with Gasteiger partial charge in [0.1, 0.15) is 6.61 Å². The Balaban J connectivity index is 4.02. The highest BCUT2D eigenvalue weighted by Gasteiger charge is 2.11. The van der Waals surface area contributed by atoms with Crippen molar-refractivity contribution in [3.05, 3.63) is 23.8 Å². The molecular formula is C6H10O4S. The molecule has 0 rings (SSSR count). The molecule has 0 spiro atoms. The van der Waals surface area contributed by atoms with Crippen LogP contribution >= 0.6 is 0 Å². The summed E-state index contributed by atoms with van der Waals surface area (Å²) in [5.74, 6) is 0. The summed E-state index contributed by atoms with van der Waals surface area (Å²) in [4.78, 5) is 0. The summed E-state index contributed by atoms with van der Waals surface area (Å²) in [6.45, 7) is 8.17. The molecule has 0 bridgehead atoms. The third-order valence-corrected chi connectivity index (χ3v) is 1.46. The van der Waals surface area contributed by atoms with Crippen LogP contribution in [0, 0.1) is 0 Å². The highest BCUT2D eigenvalue weighted by atomic mass is 32.2. The second kappa shape index (κ2) is 3.54. The Kier molecular flexibility index (Phi) is 3.28. The van der Waals surface area contributed by atoms with Crippen molar-refractivity contribution in [1.29, 1.82) is 0 Å². The van der Waals surface area contributed by atoms with Crippen LogP contribution in [0.5, 0.6) is 0 Å². The lowest BCUT2D eigenvalue weighted by atomic mass is 10.4. The minimum Gasteiger partial charge on any atom is -0.477 e. The maximum atomic E-state index is 10.2. The third-order valence-electron chi connectivity index (χ3n) is 0.767. The van der Waals surface area contributed by atoms with E-state index in [1.165, 1.54) is 0 Å². The van der Waals surface area contributed by atoms with Crippen molar-refractivity contribution in [1.82, 2.24) is 0 Å². The van der Waals surface area contributed by atoms with Gasteiger partial charge in [0.2, 0.25) is 5.09 Å². The maximum Gasteiger partial charge on any atom is 0.327 e. The molecule has 0 fully saturated rings. The minimum atomic E-state index is -4.26. The molecule has 0 radical (unpaired) electrons. The van der Waals surface area contributed by atoms with E-state index in [1.807, 2.05) is 0 Å². The summed E-state index contributed by atoms with van der Waals surface area (Å²) in [7, 11) is -4.26. The smallest absolute Gasteiger partial charge is 0.327 e. The third kappa shape index (κ3) is 4.58. The van der Waals surface area contributed by atoms with Crippen LogP contribution in [-0.4, -0.2) is 19.6 Å². The summed E-state index contributed by atoms with van der Waals surface area (Å²) in [5.41, 5.74) is 0.648. The van der Waals surface area contributed by atoms with Crippen LogP contribution in [0.1, 0.15) is 6.92 Å². The molecule has 0 aliphatic carbocycles. The molecule has 5 heteroatoms. The lowest BCUT2D eigenvalue weighted by Crippen LogP contribution is -2.05. The van der Waals surface area contributed by atoms with Gasteiger partial charge in [-0.05, 0) is 19.1 Å². The molecule has 0 aromatic carbocycles. The van der Waals surface area contributed by atoms with E-state index in [4.69, 9.17) is 4.55 Å². The van der Waals surface area contributed by atoms with Crippen LogP contribution in [0.15, 0.2) is 23.8 Å². The Labute approximate surface area is 65.9 Å². The molecule has 0 heterocycles. The summed E-state index contributed by atoms with van der Waals surface area (Å²) >= 11 is 0. The summed E-state index contributed by atoms with van der Waals surface area (Å²) in [6, 6.07) is 0. The minimum absolute atomic E-state index is 0.0403. The van der Waals surface area contributed by atoms with Crippen molar-refractivity contribution in [2.45, 2.75) is 6.92 Å². The second-order valence-electron chi connectivity index (χ2n) is 2.09. The standard InChI is InChI=1S/C6H10O4S/c1-5(2)4-10-6(3)11(7,8)9/h1,3-4H2,2H3,(H,7,8,9). The molecule has 0 aromatic rings. The normalized spacial score (nSPS) is 10.7. The predicted molar refractivity (Wildman–Crippen MR) is 41.5 cm³/mol. The lowest BCUT2D eigenvalue weighted by Gasteiger charge is -2.04. The number of rotatable bonds is 4. The molecule has 0 aromatic heterocycles. The van der Waals surface area contributed by atoms with E-state index in [9.17, 15) is 8.42 Å². The highest BCUT2D eigenvalue weighted by Crippen LogP contribution is 2.03. The first-order chi connectivity index (χ1) is 4.84. The molecular weight excluding hydrogens is 168 g/mol. The molecule has 0 saturated heterocycles. The molecule has 0 amide bonds. The average molecular weight is 178 g/mol. The monoisotopic (exact) mass is 178 g/mol. The summed E-state index contributed by atoms with van der Waals surface area (Å²) in [6.07, 6.45) is 0. The molecule has 0 aliphatic rings. The van der Waals surface area contributed by atoms with Crippen molar-refractivity contribution in [2.24, 2.45) is 0 Å². The average Bonchev–Trinajstić information content (AvgIpc) is 1.80. The van der Waals surface area contributed by atoms with Gasteiger partial charge in [-0.1, -0.05) is 6.58 Å². The fraction of sp³-hybridized carbons (Fsp3) is 0.333. The van der Waals surface area contributed by atoms with Gasteiger partial charge in [0, 0.05) is 0 Å². The van der Waals surface area contributed by atoms with Crippen molar-refractivity contribution < 1.29 is 17.7 Å². The lowest BCUT2D eigenvalue weighted by molar-refractivity contribution is 0.258. The number of hydrogen-bond donors (Lipinski definition) is 1. The second-order valence-corrected chi connectivity index (χ2v) is 3.50. The molecule has 1 N–H and O–H groups in total. The van der Waals surface area contributed by atoms with Gasteiger partial charge in [0.05, 0.1) is 0 Å². The zero-order valence-corrected chi connectivity index (χ0v) is 7.02. The van der Waals surface area contributed by atoms with Crippen molar-refractivity contribution in [3.8, 4) is 0 Å². The summed E-state index contributed by atoms with van der Waals surface area (Å²) < 4.78 is 33.3. The van der Waals surface area contributed by atoms with Crippen LogP contribution < -0.4 is 0 Å². The van der Waals surface area contributed by atoms with E-state index in [0.29, 0.717) is 5.57 Å². The van der Waals surface area contributed by atoms with Gasteiger partial charge in [-0.3, -0.25) is 4.55 Å². The SMILES string of the molecule is C=C(C)COC(=C)S(=O)(=O)O. The van der Waals surface area contributed by atoms with Gasteiger partial charge in [0.25, 0.3) is 0 Å². The maximum absolute atomic E-state index is 10.2. The molecule has 0 aliphatic heterocycles. The van der Waals surface area contributed by atoms with Crippen molar-refractivity contribution in [2.75, 3.05) is 6.61 Å². The van der Waals surface area contributed by atoms with Crippen molar-refractivity contribution in [3.63, 3.8) is 0 Å². The first-order valence-corrected chi connectivity index (χ1v) is 4.21. The van der Waals surface area contributed by atoms with Crippen LogP contribution in [0.2, 0.25) is 0 Å². The van der Waals surface area contributed by atoms with Crippen molar-refractivity contribution >= 4 is 10.1 Å². The summed E-state index contributed by atoms with van der Waals surface area (Å²) in [5, 5.41) is -0.652. The highest BCUT2D eigenvalue weighted by molar-refractivity contribution is 7.89. The van der Waals surface area contributed by atoms with Crippen LogP contribution in [0.4, 0.5) is 0 Å². The van der Waals surface area contributed by atoms with Crippen LogP contribution in [-0.2, 0) is 14.9 Å². The first kappa shape index (κ1) is 10.2. The van der Waals surface area contributed by atoms with Gasteiger partial charge in [-0.25, -0.2) is 0 Å². The zero-order chi connectivity index (χ0) is 9.07. The van der Waals surface area contributed by atoms with E-state index in [-0.39, 0.29) is 6.61 Å². The Morgan fingerprint density at radius 2 is 2.00 bits per heavy atom.